The number of hydrogen-bond donors (Lipinski definition) is 1. The summed E-state index contributed by atoms with van der Waals surface area (Å²) in [5.74, 6) is 0.0344. The van der Waals surface area contributed by atoms with Crippen molar-refractivity contribution >= 4 is 38.3 Å². The number of amides is 1. The number of imidazole rings is 1. The van der Waals surface area contributed by atoms with Gasteiger partial charge in [0, 0.05) is 19.8 Å². The van der Waals surface area contributed by atoms with Gasteiger partial charge in [0.05, 0.1) is 28.2 Å². The summed E-state index contributed by atoms with van der Waals surface area (Å²) < 4.78 is 36.7. The van der Waals surface area contributed by atoms with Crippen LogP contribution in [0.4, 0.5) is 11.4 Å². The van der Waals surface area contributed by atoms with Gasteiger partial charge in [-0.25, -0.2) is 13.2 Å². The highest BCUT2D eigenvalue weighted by Crippen LogP contribution is 2.26. The molecule has 3 aromatic carbocycles. The Morgan fingerprint density at radius 3 is 2.22 bits per heavy atom. The maximum atomic E-state index is 13.6. The van der Waals surface area contributed by atoms with Crippen molar-refractivity contribution < 1.29 is 17.9 Å². The van der Waals surface area contributed by atoms with E-state index in [9.17, 15) is 18.0 Å². The molecule has 36 heavy (non-hydrogen) atoms. The van der Waals surface area contributed by atoms with E-state index in [2.05, 4.69) is 5.32 Å². The number of nitrogens with one attached hydrogen (secondary N) is 1. The van der Waals surface area contributed by atoms with Crippen molar-refractivity contribution in [3.63, 3.8) is 0 Å². The molecule has 1 heterocycles. The molecule has 0 aliphatic carbocycles. The van der Waals surface area contributed by atoms with Crippen LogP contribution in [0.15, 0.2) is 76.4 Å². The number of benzene rings is 3. The maximum Gasteiger partial charge on any atom is 0.328 e. The molecule has 0 aliphatic rings. The number of aromatic nitrogens is 2. The topological polar surface area (TPSA) is 103 Å². The SMILES string of the molecule is CCOc1ccc(S(=O)(=O)N(CC(=O)Nc2ccc3c(c2)n(C)c(=O)n3C)c2ccc(C)cc2)cc1. The second-order valence-electron chi connectivity index (χ2n) is 8.40. The molecule has 0 unspecified atom stereocenters. The summed E-state index contributed by atoms with van der Waals surface area (Å²) in [5.41, 5.74) is 2.97. The molecule has 0 saturated heterocycles. The van der Waals surface area contributed by atoms with Gasteiger partial charge in [0.25, 0.3) is 10.0 Å². The van der Waals surface area contributed by atoms with Crippen LogP contribution in [-0.4, -0.2) is 36.6 Å². The van der Waals surface area contributed by atoms with Crippen molar-refractivity contribution in [2.45, 2.75) is 18.7 Å². The molecule has 1 amide bonds. The van der Waals surface area contributed by atoms with Gasteiger partial charge in [0.15, 0.2) is 0 Å². The van der Waals surface area contributed by atoms with Gasteiger partial charge in [-0.15, -0.1) is 0 Å². The summed E-state index contributed by atoms with van der Waals surface area (Å²) in [6, 6.07) is 18.1. The zero-order chi connectivity index (χ0) is 26.0. The van der Waals surface area contributed by atoms with E-state index in [1.54, 1.807) is 68.7 Å². The number of fused-ring (bicyclic) bond motifs is 1. The minimum atomic E-state index is -4.06. The Morgan fingerprint density at radius 1 is 0.944 bits per heavy atom. The van der Waals surface area contributed by atoms with E-state index >= 15 is 0 Å². The van der Waals surface area contributed by atoms with Crippen LogP contribution in [0, 0.1) is 6.92 Å². The van der Waals surface area contributed by atoms with Gasteiger partial charge in [-0.2, -0.15) is 0 Å². The Labute approximate surface area is 209 Å². The number of ether oxygens (including phenoxy) is 1. The Morgan fingerprint density at radius 2 is 1.58 bits per heavy atom. The largest absolute Gasteiger partial charge is 0.494 e. The van der Waals surface area contributed by atoms with Crippen molar-refractivity contribution in [1.82, 2.24) is 9.13 Å². The zero-order valence-corrected chi connectivity index (χ0v) is 21.4. The molecule has 0 saturated carbocycles. The van der Waals surface area contributed by atoms with E-state index in [4.69, 9.17) is 4.74 Å². The van der Waals surface area contributed by atoms with Crippen molar-refractivity contribution in [3.8, 4) is 5.75 Å². The first kappa shape index (κ1) is 25.1. The Hall–Kier alpha value is -4.05. The van der Waals surface area contributed by atoms with Gasteiger partial charge < -0.3 is 10.1 Å². The quantitative estimate of drug-likeness (QED) is 0.393. The van der Waals surface area contributed by atoms with Crippen LogP contribution in [0.5, 0.6) is 5.75 Å². The molecule has 1 N–H and O–H groups in total. The molecule has 0 spiro atoms. The lowest BCUT2D eigenvalue weighted by molar-refractivity contribution is -0.114. The van der Waals surface area contributed by atoms with Crippen molar-refractivity contribution in [3.05, 3.63) is 82.8 Å². The molecule has 4 aromatic rings. The Balaban J connectivity index is 1.64. The standard InChI is InChI=1S/C26H28N4O5S/c1-5-35-21-11-13-22(14-12-21)36(33,34)30(20-9-6-18(2)7-10-20)17-25(31)27-19-8-15-23-24(16-19)29(4)26(32)28(23)3/h6-16H,5,17H2,1-4H3,(H,27,31). The number of hydrogen-bond acceptors (Lipinski definition) is 5. The first-order valence-electron chi connectivity index (χ1n) is 11.4. The third-order valence-corrected chi connectivity index (χ3v) is 7.68. The van der Waals surface area contributed by atoms with Gasteiger partial charge in [-0.3, -0.25) is 18.2 Å². The number of carbonyl (C=O) groups excluding carboxylic acids is 1. The smallest absolute Gasteiger partial charge is 0.328 e. The molecule has 0 fully saturated rings. The molecule has 4 rings (SSSR count). The van der Waals surface area contributed by atoms with Gasteiger partial charge in [-0.05, 0) is 68.4 Å². The fraction of sp³-hybridized carbons (Fsp3) is 0.231. The van der Waals surface area contributed by atoms with E-state index < -0.39 is 22.5 Å². The van der Waals surface area contributed by atoms with E-state index in [1.165, 1.54) is 21.3 Å². The Kier molecular flexibility index (Phi) is 6.89. The molecule has 0 aliphatic heterocycles. The van der Waals surface area contributed by atoms with Gasteiger partial charge in [0.2, 0.25) is 5.91 Å². The molecular weight excluding hydrogens is 480 g/mol. The first-order valence-corrected chi connectivity index (χ1v) is 12.8. The Bertz CT molecular complexity index is 1570. The average Bonchev–Trinajstić information content (AvgIpc) is 3.07. The lowest BCUT2D eigenvalue weighted by Gasteiger charge is -2.24. The van der Waals surface area contributed by atoms with Crippen LogP contribution in [0.1, 0.15) is 12.5 Å². The highest BCUT2D eigenvalue weighted by Gasteiger charge is 2.27. The summed E-state index contributed by atoms with van der Waals surface area (Å²) in [7, 11) is -0.735. The first-order chi connectivity index (χ1) is 17.1. The summed E-state index contributed by atoms with van der Waals surface area (Å²) in [6.45, 7) is 3.77. The van der Waals surface area contributed by atoms with Gasteiger partial charge >= 0.3 is 5.69 Å². The fourth-order valence-corrected chi connectivity index (χ4v) is 5.36. The maximum absolute atomic E-state index is 13.6. The molecule has 0 radical (unpaired) electrons. The van der Waals surface area contributed by atoms with E-state index in [1.807, 2.05) is 13.8 Å². The number of nitrogens with zero attached hydrogens (tertiary/aromatic N) is 3. The lowest BCUT2D eigenvalue weighted by atomic mass is 10.2. The van der Waals surface area contributed by atoms with Crippen LogP contribution in [-0.2, 0) is 28.9 Å². The molecule has 0 bridgehead atoms. The van der Waals surface area contributed by atoms with Crippen molar-refractivity contribution in [2.75, 3.05) is 22.8 Å². The summed E-state index contributed by atoms with van der Waals surface area (Å²) in [6.07, 6.45) is 0. The van der Waals surface area contributed by atoms with Crippen LogP contribution < -0.4 is 20.0 Å². The highest BCUT2D eigenvalue weighted by molar-refractivity contribution is 7.92. The summed E-state index contributed by atoms with van der Waals surface area (Å²) in [5, 5.41) is 2.76. The van der Waals surface area contributed by atoms with E-state index in [0.717, 1.165) is 15.4 Å². The van der Waals surface area contributed by atoms with Crippen molar-refractivity contribution in [2.24, 2.45) is 14.1 Å². The third-order valence-electron chi connectivity index (χ3n) is 5.89. The number of anilines is 2. The molecule has 0 atom stereocenters. The van der Waals surface area contributed by atoms with Gasteiger partial charge in [-0.1, -0.05) is 17.7 Å². The normalized spacial score (nSPS) is 11.4. The summed E-state index contributed by atoms with van der Waals surface area (Å²) in [4.78, 5) is 25.3. The fourth-order valence-electron chi connectivity index (χ4n) is 3.94. The summed E-state index contributed by atoms with van der Waals surface area (Å²) >= 11 is 0. The lowest BCUT2D eigenvalue weighted by Crippen LogP contribution is -2.38. The van der Waals surface area contributed by atoms with Gasteiger partial charge in [0.1, 0.15) is 12.3 Å². The molecule has 1 aromatic heterocycles. The molecule has 188 valence electrons. The second-order valence-corrected chi connectivity index (χ2v) is 10.3. The minimum absolute atomic E-state index is 0.0417. The van der Waals surface area contributed by atoms with Crippen molar-refractivity contribution in [1.29, 1.82) is 0 Å². The predicted octanol–water partition coefficient (Wildman–Crippen LogP) is 3.42. The third kappa shape index (κ3) is 4.85. The number of sulfonamides is 1. The predicted molar refractivity (Wildman–Crippen MR) is 140 cm³/mol. The molecule has 9 nitrogen and oxygen atoms in total. The zero-order valence-electron chi connectivity index (χ0n) is 20.6. The van der Waals surface area contributed by atoms with Crippen LogP contribution in [0.3, 0.4) is 0 Å². The average molecular weight is 509 g/mol. The van der Waals surface area contributed by atoms with E-state index in [0.29, 0.717) is 29.2 Å². The number of carbonyl (C=O) groups is 1. The number of aryl methyl sites for hydroxylation is 3. The second kappa shape index (κ2) is 9.90. The monoisotopic (exact) mass is 508 g/mol. The van der Waals surface area contributed by atoms with Crippen LogP contribution in [0.2, 0.25) is 0 Å². The minimum Gasteiger partial charge on any atom is -0.494 e. The highest BCUT2D eigenvalue weighted by atomic mass is 32.2. The van der Waals surface area contributed by atoms with Crippen LogP contribution >= 0.6 is 0 Å². The molecular formula is C26H28N4O5S. The molecule has 10 heteroatoms. The van der Waals surface area contributed by atoms with Crippen LogP contribution in [0.25, 0.3) is 11.0 Å². The van der Waals surface area contributed by atoms with E-state index in [-0.39, 0.29) is 10.6 Å². The number of rotatable bonds is 8.